The number of aromatic nitrogens is 2. The van der Waals surface area contributed by atoms with Crippen LogP contribution in [0.15, 0.2) is 24.3 Å². The minimum absolute atomic E-state index is 0.0342. The van der Waals surface area contributed by atoms with Gasteiger partial charge in [0.05, 0.1) is 18.4 Å². The van der Waals surface area contributed by atoms with Crippen molar-refractivity contribution in [3.63, 3.8) is 0 Å². The molecule has 1 aliphatic rings. The number of aryl methyl sites for hydroxylation is 1. The highest BCUT2D eigenvalue weighted by atomic mass is 16.5. The molecule has 1 unspecified atom stereocenters. The quantitative estimate of drug-likeness (QED) is 0.789. The second-order valence-electron chi connectivity index (χ2n) is 6.85. The van der Waals surface area contributed by atoms with Crippen LogP contribution >= 0.6 is 0 Å². The molecular formula is C20H25N3O4. The van der Waals surface area contributed by atoms with Crippen LogP contribution in [0, 0.1) is 6.92 Å². The van der Waals surface area contributed by atoms with Crippen molar-refractivity contribution >= 4 is 17.7 Å². The molecule has 1 aromatic carbocycles. The molecule has 1 aromatic heterocycles. The van der Waals surface area contributed by atoms with Crippen molar-refractivity contribution < 1.29 is 19.1 Å². The summed E-state index contributed by atoms with van der Waals surface area (Å²) in [5.74, 6) is 0.711. The second kappa shape index (κ2) is 7.82. The van der Waals surface area contributed by atoms with Crippen LogP contribution in [0.3, 0.4) is 0 Å². The van der Waals surface area contributed by atoms with E-state index in [0.29, 0.717) is 18.8 Å². The van der Waals surface area contributed by atoms with Gasteiger partial charge in [-0.1, -0.05) is 12.1 Å². The zero-order valence-electron chi connectivity index (χ0n) is 16.1. The number of hydrogen-bond acceptors (Lipinski definition) is 5. The smallest absolute Gasteiger partial charge is 0.327 e. The standard InChI is InChI=1S/C20H25N3O4/c1-5-26-18(25)11-23-20-19(13(4)22-23)16(10-17(24)21-20)14-7-6-8-15(9-14)27-12(2)3/h6-9,12,16H,5,10-11H2,1-4H3,(H,21,24). The van der Waals surface area contributed by atoms with E-state index in [9.17, 15) is 9.59 Å². The third kappa shape index (κ3) is 4.13. The van der Waals surface area contributed by atoms with Crippen LogP contribution in [0.4, 0.5) is 5.82 Å². The van der Waals surface area contributed by atoms with E-state index >= 15 is 0 Å². The third-order valence-corrected chi connectivity index (χ3v) is 4.39. The Hall–Kier alpha value is -2.83. The molecule has 0 bridgehead atoms. The van der Waals surface area contributed by atoms with Gasteiger partial charge in [0.1, 0.15) is 18.1 Å². The molecule has 1 aliphatic heterocycles. The fourth-order valence-electron chi connectivity index (χ4n) is 3.42. The molecule has 144 valence electrons. The minimum Gasteiger partial charge on any atom is -0.491 e. The van der Waals surface area contributed by atoms with E-state index in [2.05, 4.69) is 10.4 Å². The molecule has 3 rings (SSSR count). The minimum atomic E-state index is -0.383. The predicted octanol–water partition coefficient (Wildman–Crippen LogP) is 3.02. The number of amides is 1. The molecule has 0 aliphatic carbocycles. The molecule has 2 heterocycles. The molecule has 1 amide bonds. The van der Waals surface area contributed by atoms with Gasteiger partial charge in [-0.05, 0) is 45.4 Å². The van der Waals surface area contributed by atoms with Gasteiger partial charge in [0.15, 0.2) is 0 Å². The van der Waals surface area contributed by atoms with Crippen LogP contribution < -0.4 is 10.1 Å². The zero-order valence-corrected chi connectivity index (χ0v) is 16.1. The SMILES string of the molecule is CCOC(=O)Cn1nc(C)c2c1NC(=O)CC2c1cccc(OC(C)C)c1. The van der Waals surface area contributed by atoms with Crippen molar-refractivity contribution in [3.05, 3.63) is 41.1 Å². The molecule has 0 radical (unpaired) electrons. The lowest BCUT2D eigenvalue weighted by Gasteiger charge is -2.25. The summed E-state index contributed by atoms with van der Waals surface area (Å²) in [5.41, 5.74) is 2.71. The van der Waals surface area contributed by atoms with Gasteiger partial charge in [0, 0.05) is 17.9 Å². The molecule has 2 aromatic rings. The van der Waals surface area contributed by atoms with Crippen molar-refractivity contribution in [2.24, 2.45) is 0 Å². The first kappa shape index (κ1) is 18.9. The van der Waals surface area contributed by atoms with Gasteiger partial charge in [-0.2, -0.15) is 5.10 Å². The molecule has 0 fully saturated rings. The van der Waals surface area contributed by atoms with E-state index in [1.54, 1.807) is 6.92 Å². The van der Waals surface area contributed by atoms with E-state index in [1.165, 1.54) is 4.68 Å². The summed E-state index contributed by atoms with van der Waals surface area (Å²) in [7, 11) is 0. The number of fused-ring (bicyclic) bond motifs is 1. The van der Waals surface area contributed by atoms with Gasteiger partial charge in [-0.3, -0.25) is 9.59 Å². The lowest BCUT2D eigenvalue weighted by molar-refractivity contribution is -0.144. The molecule has 0 saturated heterocycles. The Morgan fingerprint density at radius 3 is 2.89 bits per heavy atom. The summed E-state index contributed by atoms with van der Waals surface area (Å²) in [6.45, 7) is 7.86. The van der Waals surface area contributed by atoms with Gasteiger partial charge >= 0.3 is 5.97 Å². The number of ether oxygens (including phenoxy) is 2. The van der Waals surface area contributed by atoms with Crippen LogP contribution in [-0.4, -0.2) is 34.4 Å². The highest BCUT2D eigenvalue weighted by Gasteiger charge is 2.32. The lowest BCUT2D eigenvalue weighted by atomic mass is 9.86. The average molecular weight is 371 g/mol. The number of nitrogens with one attached hydrogen (secondary N) is 1. The van der Waals surface area contributed by atoms with Gasteiger partial charge < -0.3 is 14.8 Å². The van der Waals surface area contributed by atoms with E-state index in [0.717, 1.165) is 22.6 Å². The van der Waals surface area contributed by atoms with Crippen molar-refractivity contribution in [1.29, 1.82) is 0 Å². The number of carbonyl (C=O) groups excluding carboxylic acids is 2. The molecule has 0 spiro atoms. The van der Waals surface area contributed by atoms with Crippen molar-refractivity contribution in [2.75, 3.05) is 11.9 Å². The summed E-state index contributed by atoms with van der Waals surface area (Å²) in [5, 5.41) is 7.33. The van der Waals surface area contributed by atoms with E-state index < -0.39 is 0 Å². The Morgan fingerprint density at radius 1 is 1.41 bits per heavy atom. The predicted molar refractivity (Wildman–Crippen MR) is 101 cm³/mol. The molecule has 7 heteroatoms. The van der Waals surface area contributed by atoms with Crippen molar-refractivity contribution in [2.45, 2.75) is 52.7 Å². The monoisotopic (exact) mass is 371 g/mol. The first-order chi connectivity index (χ1) is 12.9. The van der Waals surface area contributed by atoms with Crippen molar-refractivity contribution in [1.82, 2.24) is 9.78 Å². The van der Waals surface area contributed by atoms with Crippen LogP contribution in [-0.2, 0) is 20.9 Å². The number of hydrogen-bond donors (Lipinski definition) is 1. The first-order valence-electron chi connectivity index (χ1n) is 9.18. The molecule has 1 atom stereocenters. The van der Waals surface area contributed by atoms with Gasteiger partial charge in [0.2, 0.25) is 5.91 Å². The Morgan fingerprint density at radius 2 is 2.19 bits per heavy atom. The zero-order chi connectivity index (χ0) is 19.6. The fourth-order valence-corrected chi connectivity index (χ4v) is 3.42. The van der Waals surface area contributed by atoms with E-state index in [4.69, 9.17) is 9.47 Å². The van der Waals surface area contributed by atoms with Gasteiger partial charge in [-0.15, -0.1) is 0 Å². The van der Waals surface area contributed by atoms with E-state index in [1.807, 2.05) is 45.0 Å². The van der Waals surface area contributed by atoms with Crippen LogP contribution in [0.25, 0.3) is 0 Å². The highest BCUT2D eigenvalue weighted by molar-refractivity contribution is 5.95. The number of carbonyl (C=O) groups is 2. The number of rotatable bonds is 6. The highest BCUT2D eigenvalue weighted by Crippen LogP contribution is 2.40. The Labute approximate surface area is 158 Å². The summed E-state index contributed by atoms with van der Waals surface area (Å²) < 4.78 is 12.3. The molecule has 7 nitrogen and oxygen atoms in total. The summed E-state index contributed by atoms with van der Waals surface area (Å²) in [4.78, 5) is 24.2. The molecule has 0 saturated carbocycles. The van der Waals surface area contributed by atoms with Crippen LogP contribution in [0.2, 0.25) is 0 Å². The van der Waals surface area contributed by atoms with Crippen LogP contribution in [0.1, 0.15) is 49.9 Å². The lowest BCUT2D eigenvalue weighted by Crippen LogP contribution is -2.26. The number of esters is 1. The largest absolute Gasteiger partial charge is 0.491 e. The first-order valence-corrected chi connectivity index (χ1v) is 9.18. The molecular weight excluding hydrogens is 346 g/mol. The summed E-state index contributed by atoms with van der Waals surface area (Å²) in [6.07, 6.45) is 0.392. The maximum absolute atomic E-state index is 12.3. The maximum Gasteiger partial charge on any atom is 0.327 e. The Balaban J connectivity index is 1.98. The van der Waals surface area contributed by atoms with Gasteiger partial charge in [-0.25, -0.2) is 4.68 Å². The number of nitrogens with zero attached hydrogens (tertiary/aromatic N) is 2. The number of anilines is 1. The summed E-state index contributed by atoms with van der Waals surface area (Å²) in [6, 6.07) is 7.79. The van der Waals surface area contributed by atoms with Crippen LogP contribution in [0.5, 0.6) is 5.75 Å². The Bertz CT molecular complexity index is 857. The normalized spacial score (nSPS) is 16.0. The van der Waals surface area contributed by atoms with E-state index in [-0.39, 0.29) is 30.4 Å². The fraction of sp³-hybridized carbons (Fsp3) is 0.450. The topological polar surface area (TPSA) is 82.5 Å². The van der Waals surface area contributed by atoms with Crippen molar-refractivity contribution in [3.8, 4) is 5.75 Å². The molecule has 27 heavy (non-hydrogen) atoms. The number of benzene rings is 1. The molecule has 1 N–H and O–H groups in total. The maximum atomic E-state index is 12.3. The third-order valence-electron chi connectivity index (χ3n) is 4.39. The summed E-state index contributed by atoms with van der Waals surface area (Å²) >= 11 is 0. The average Bonchev–Trinajstić information content (AvgIpc) is 2.89. The Kier molecular flexibility index (Phi) is 5.48. The second-order valence-corrected chi connectivity index (χ2v) is 6.85. The van der Waals surface area contributed by atoms with Gasteiger partial charge in [0.25, 0.3) is 0 Å².